The lowest BCUT2D eigenvalue weighted by Gasteiger charge is -2.13. The molecule has 1 aromatic heterocycles. The number of aromatic hydroxyl groups is 1. The first-order valence-corrected chi connectivity index (χ1v) is 11.2. The highest BCUT2D eigenvalue weighted by atomic mass is 79.9. The van der Waals surface area contributed by atoms with Crippen LogP contribution < -0.4 is 21.3 Å². The Kier molecular flexibility index (Phi) is 7.60. The van der Waals surface area contributed by atoms with Gasteiger partial charge < -0.3 is 15.2 Å². The second-order valence-electron chi connectivity index (χ2n) is 6.96. The monoisotopic (exact) mass is 543 g/mol. The predicted octanol–water partition coefficient (Wildman–Crippen LogP) is 3.84. The van der Waals surface area contributed by atoms with Crippen LogP contribution in [0.3, 0.4) is 0 Å². The minimum Gasteiger partial charge on any atom is -0.495 e. The first kappa shape index (κ1) is 24.8. The van der Waals surface area contributed by atoms with E-state index in [1.54, 1.807) is 24.3 Å². The van der Waals surface area contributed by atoms with Crippen molar-refractivity contribution in [1.29, 1.82) is 5.26 Å². The van der Waals surface area contributed by atoms with E-state index in [2.05, 4.69) is 31.2 Å². The number of carbonyl (C=O) groups is 1. The van der Waals surface area contributed by atoms with E-state index in [0.717, 1.165) is 33.7 Å². The molecule has 0 unspecified atom stereocenters. The number of urea groups is 1. The Morgan fingerprint density at radius 3 is 2.68 bits per heavy atom. The van der Waals surface area contributed by atoms with Crippen LogP contribution in [-0.2, 0) is 0 Å². The molecule has 0 bridgehead atoms. The first-order valence-electron chi connectivity index (χ1n) is 9.60. The number of rotatable bonds is 5. The van der Waals surface area contributed by atoms with E-state index in [-0.39, 0.29) is 11.3 Å². The van der Waals surface area contributed by atoms with Gasteiger partial charge in [-0.1, -0.05) is 0 Å². The van der Waals surface area contributed by atoms with Crippen LogP contribution in [0.15, 0.2) is 54.3 Å². The maximum Gasteiger partial charge on any atom is 0.345 e. The van der Waals surface area contributed by atoms with Gasteiger partial charge in [0.2, 0.25) is 5.88 Å². The normalized spacial score (nSPS) is 10.8. The number of ether oxygens (including phenoxy) is 1. The van der Waals surface area contributed by atoms with Crippen molar-refractivity contribution in [1.82, 2.24) is 9.55 Å². The summed E-state index contributed by atoms with van der Waals surface area (Å²) in [4.78, 5) is 43.5. The van der Waals surface area contributed by atoms with Crippen LogP contribution in [0.5, 0.6) is 11.6 Å². The fraction of sp³-hybridized carbons (Fsp3) is 0.136. The summed E-state index contributed by atoms with van der Waals surface area (Å²) in [5.41, 5.74) is 0.265. The smallest absolute Gasteiger partial charge is 0.345 e. The summed E-state index contributed by atoms with van der Waals surface area (Å²) in [6.07, 6.45) is 0.862. The van der Waals surface area contributed by atoms with Gasteiger partial charge >= 0.3 is 11.7 Å². The Balaban J connectivity index is 1.96. The maximum absolute atomic E-state index is 12.5. The minimum atomic E-state index is -0.911. The molecule has 174 valence electrons. The molecule has 2 aromatic carbocycles. The molecular formula is C22H18BrN5O5S. The van der Waals surface area contributed by atoms with Gasteiger partial charge in [0.05, 0.1) is 24.7 Å². The lowest BCUT2D eigenvalue weighted by molar-refractivity contribution is 0.259. The van der Waals surface area contributed by atoms with Gasteiger partial charge in [-0.2, -0.15) is 5.26 Å². The maximum atomic E-state index is 12.5. The Labute approximate surface area is 206 Å². The van der Waals surface area contributed by atoms with Gasteiger partial charge in [-0.05, 0) is 83.0 Å². The number of aromatic nitrogens is 2. The number of methoxy groups -OCH3 is 1. The summed E-state index contributed by atoms with van der Waals surface area (Å²) in [5, 5.41) is 23.9. The van der Waals surface area contributed by atoms with Gasteiger partial charge in [-0.3, -0.25) is 9.78 Å². The molecule has 3 aromatic rings. The third-order valence-electron chi connectivity index (χ3n) is 4.81. The summed E-state index contributed by atoms with van der Waals surface area (Å²) < 4.78 is 6.64. The van der Waals surface area contributed by atoms with Crippen molar-refractivity contribution in [3.05, 3.63) is 72.3 Å². The molecule has 0 saturated carbocycles. The van der Waals surface area contributed by atoms with E-state index in [1.807, 2.05) is 19.2 Å². The van der Waals surface area contributed by atoms with Gasteiger partial charge in [0, 0.05) is 9.37 Å². The molecule has 3 N–H and O–H groups in total. The highest BCUT2D eigenvalue weighted by Gasteiger charge is 2.17. The van der Waals surface area contributed by atoms with Gasteiger partial charge in [-0.15, -0.1) is 0 Å². The third kappa shape index (κ3) is 5.22. The number of thioether (sulfide) groups is 1. The Bertz CT molecular complexity index is 1470. The largest absolute Gasteiger partial charge is 0.495 e. The molecule has 3 rings (SSSR count). The molecule has 0 spiro atoms. The standard InChI is InChI=1S/C22H18BrN5O5S/c1-11-6-15(23)17(7-12(11)2)28-20(30)14(19(29)27-22(28)32)9-25-21(31)26-16-5-4-13(34-10-24)8-18(16)33-3/h4-9,30H,1-3H3,(H,26,31)(H,27,29,32)/b25-9+. The van der Waals surface area contributed by atoms with E-state index in [9.17, 15) is 19.5 Å². The van der Waals surface area contributed by atoms with Gasteiger partial charge in [0.25, 0.3) is 5.56 Å². The molecule has 34 heavy (non-hydrogen) atoms. The Morgan fingerprint density at radius 2 is 2.00 bits per heavy atom. The molecule has 0 aliphatic carbocycles. The highest BCUT2D eigenvalue weighted by molar-refractivity contribution is 9.10. The lowest BCUT2D eigenvalue weighted by Crippen LogP contribution is -2.31. The number of nitrogens with one attached hydrogen (secondary N) is 2. The zero-order valence-electron chi connectivity index (χ0n) is 18.2. The summed E-state index contributed by atoms with van der Waals surface area (Å²) in [5.74, 6) is -0.373. The number of anilines is 1. The molecular weight excluding hydrogens is 526 g/mol. The van der Waals surface area contributed by atoms with Crippen LogP contribution >= 0.6 is 27.7 Å². The number of thiocyanates is 1. The number of H-pyrrole nitrogens is 1. The zero-order chi connectivity index (χ0) is 25.0. The van der Waals surface area contributed by atoms with Crippen molar-refractivity contribution in [2.45, 2.75) is 18.7 Å². The predicted molar refractivity (Wildman–Crippen MR) is 133 cm³/mol. The SMILES string of the molecule is COc1cc(SC#N)ccc1NC(=O)/N=C/c1c(O)n(-c2cc(C)c(C)cc2Br)c(=O)[nH]c1=O. The third-order valence-corrected chi connectivity index (χ3v) is 6.03. The number of nitrogens with zero attached hydrogens (tertiary/aromatic N) is 3. The number of aromatic amines is 1. The molecule has 2 amide bonds. The number of hydrogen-bond donors (Lipinski definition) is 3. The average Bonchev–Trinajstić information content (AvgIpc) is 2.78. The molecule has 1 heterocycles. The average molecular weight is 544 g/mol. The van der Waals surface area contributed by atoms with E-state index in [4.69, 9.17) is 10.00 Å². The van der Waals surface area contributed by atoms with E-state index < -0.39 is 23.2 Å². The number of aliphatic imine (C=N–C) groups is 1. The number of halogens is 1. The first-order chi connectivity index (χ1) is 16.2. The number of amides is 2. The molecule has 0 fully saturated rings. The lowest BCUT2D eigenvalue weighted by atomic mass is 10.1. The highest BCUT2D eigenvalue weighted by Crippen LogP contribution is 2.30. The number of aryl methyl sites for hydroxylation is 2. The number of carbonyl (C=O) groups excluding carboxylic acids is 1. The van der Waals surface area contributed by atoms with Crippen LogP contribution in [0, 0.1) is 24.5 Å². The Morgan fingerprint density at radius 1 is 1.29 bits per heavy atom. The molecule has 0 radical (unpaired) electrons. The minimum absolute atomic E-state index is 0.286. The summed E-state index contributed by atoms with van der Waals surface area (Å²) in [7, 11) is 1.40. The molecule has 0 saturated heterocycles. The van der Waals surface area contributed by atoms with Crippen molar-refractivity contribution >= 4 is 45.6 Å². The van der Waals surface area contributed by atoms with Crippen LogP contribution in [0.4, 0.5) is 10.5 Å². The van der Waals surface area contributed by atoms with Gasteiger partial charge in [-0.25, -0.2) is 19.1 Å². The van der Waals surface area contributed by atoms with Crippen molar-refractivity contribution < 1.29 is 14.6 Å². The zero-order valence-corrected chi connectivity index (χ0v) is 20.6. The summed E-state index contributed by atoms with van der Waals surface area (Å²) >= 11 is 4.30. The molecule has 0 atom stereocenters. The molecule has 10 nitrogen and oxygen atoms in total. The molecule has 0 aliphatic rings. The molecule has 0 aliphatic heterocycles. The van der Waals surface area contributed by atoms with Crippen LogP contribution in [-0.4, -0.2) is 34.0 Å². The Hall–Kier alpha value is -3.82. The van der Waals surface area contributed by atoms with Crippen LogP contribution in [0.2, 0.25) is 0 Å². The van der Waals surface area contributed by atoms with Crippen LogP contribution in [0.1, 0.15) is 16.7 Å². The van der Waals surface area contributed by atoms with E-state index in [0.29, 0.717) is 20.8 Å². The van der Waals surface area contributed by atoms with Crippen molar-refractivity contribution in [2.75, 3.05) is 12.4 Å². The second kappa shape index (κ2) is 10.4. The van der Waals surface area contributed by atoms with Crippen LogP contribution in [0.25, 0.3) is 5.69 Å². The van der Waals surface area contributed by atoms with Crippen molar-refractivity contribution in [2.24, 2.45) is 4.99 Å². The number of nitriles is 1. The molecule has 12 heteroatoms. The topological polar surface area (TPSA) is 150 Å². The number of benzene rings is 2. The summed E-state index contributed by atoms with van der Waals surface area (Å²) in [6, 6.07) is 7.31. The fourth-order valence-corrected chi connectivity index (χ4v) is 4.02. The second-order valence-corrected chi connectivity index (χ2v) is 8.68. The van der Waals surface area contributed by atoms with E-state index in [1.165, 1.54) is 13.2 Å². The fourth-order valence-electron chi connectivity index (χ4n) is 2.98. The van der Waals surface area contributed by atoms with Crippen molar-refractivity contribution in [3.8, 4) is 22.7 Å². The van der Waals surface area contributed by atoms with Gasteiger partial charge in [0.15, 0.2) is 0 Å². The quantitative estimate of drug-likeness (QED) is 0.251. The van der Waals surface area contributed by atoms with Crippen molar-refractivity contribution in [3.63, 3.8) is 0 Å². The van der Waals surface area contributed by atoms with Gasteiger partial charge in [0.1, 0.15) is 16.7 Å². The number of hydrogen-bond acceptors (Lipinski definition) is 7. The van der Waals surface area contributed by atoms with E-state index >= 15 is 0 Å². The summed E-state index contributed by atoms with van der Waals surface area (Å²) in [6.45, 7) is 3.73.